The fourth-order valence-corrected chi connectivity index (χ4v) is 3.11. The van der Waals surface area contributed by atoms with Crippen LogP contribution in [0.25, 0.3) is 22.5 Å². The third-order valence-corrected chi connectivity index (χ3v) is 4.61. The van der Waals surface area contributed by atoms with Gasteiger partial charge in [0.25, 0.3) is 0 Å². The normalized spacial score (nSPS) is 11.0. The average molecular weight is 394 g/mol. The van der Waals surface area contributed by atoms with Crippen LogP contribution in [0.2, 0.25) is 0 Å². The maximum absolute atomic E-state index is 5.45. The van der Waals surface area contributed by atoms with E-state index in [4.69, 9.17) is 4.52 Å². The standard InChI is InChI=1S/C20H16BrN3O/c1-14-19(20(23-25-14)16-7-9-17(21)10-8-16)18-12-24(13-22-18)11-15-5-3-2-4-6-15/h2-10,12-13H,11H2,1H3. The van der Waals surface area contributed by atoms with E-state index < -0.39 is 0 Å². The zero-order valence-corrected chi connectivity index (χ0v) is 15.3. The fourth-order valence-electron chi connectivity index (χ4n) is 2.85. The summed E-state index contributed by atoms with van der Waals surface area (Å²) in [5.74, 6) is 0.767. The molecule has 0 atom stereocenters. The molecule has 4 aromatic rings. The lowest BCUT2D eigenvalue weighted by atomic mass is 10.0. The molecule has 0 radical (unpaired) electrons. The number of benzene rings is 2. The van der Waals surface area contributed by atoms with Crippen molar-refractivity contribution in [1.82, 2.24) is 14.7 Å². The molecule has 0 saturated carbocycles. The number of aryl methyl sites for hydroxylation is 1. The van der Waals surface area contributed by atoms with E-state index in [1.807, 2.05) is 61.9 Å². The number of hydrogen-bond donors (Lipinski definition) is 0. The van der Waals surface area contributed by atoms with Crippen molar-refractivity contribution in [2.24, 2.45) is 0 Å². The van der Waals surface area contributed by atoms with Crippen LogP contribution in [0, 0.1) is 6.92 Å². The summed E-state index contributed by atoms with van der Waals surface area (Å²) in [4.78, 5) is 4.57. The zero-order chi connectivity index (χ0) is 17.2. The summed E-state index contributed by atoms with van der Waals surface area (Å²) in [6, 6.07) is 18.4. The molecule has 5 heteroatoms. The predicted molar refractivity (Wildman–Crippen MR) is 101 cm³/mol. The van der Waals surface area contributed by atoms with Gasteiger partial charge in [-0.15, -0.1) is 0 Å². The fraction of sp³-hybridized carbons (Fsp3) is 0.100. The second-order valence-corrected chi connectivity index (χ2v) is 6.80. The maximum atomic E-state index is 5.45. The summed E-state index contributed by atoms with van der Waals surface area (Å²) < 4.78 is 8.56. The van der Waals surface area contributed by atoms with E-state index in [1.54, 1.807) is 0 Å². The van der Waals surface area contributed by atoms with E-state index in [1.165, 1.54) is 5.56 Å². The molecule has 0 unspecified atom stereocenters. The molecule has 0 aliphatic rings. The van der Waals surface area contributed by atoms with Gasteiger partial charge in [0.15, 0.2) is 0 Å². The van der Waals surface area contributed by atoms with E-state index >= 15 is 0 Å². The van der Waals surface area contributed by atoms with Gasteiger partial charge in [0.1, 0.15) is 11.5 Å². The van der Waals surface area contributed by atoms with Crippen molar-refractivity contribution < 1.29 is 4.52 Å². The van der Waals surface area contributed by atoms with Crippen molar-refractivity contribution in [1.29, 1.82) is 0 Å². The minimum absolute atomic E-state index is 0.767. The molecule has 0 fully saturated rings. The van der Waals surface area contributed by atoms with Gasteiger partial charge in [-0.05, 0) is 24.6 Å². The largest absolute Gasteiger partial charge is 0.360 e. The highest BCUT2D eigenvalue weighted by atomic mass is 79.9. The Morgan fingerprint density at radius 1 is 1.04 bits per heavy atom. The Kier molecular flexibility index (Phi) is 4.24. The molecule has 25 heavy (non-hydrogen) atoms. The molecule has 4 nitrogen and oxygen atoms in total. The molecular weight excluding hydrogens is 378 g/mol. The van der Waals surface area contributed by atoms with E-state index in [0.29, 0.717) is 0 Å². The van der Waals surface area contributed by atoms with E-state index in [2.05, 4.69) is 42.8 Å². The van der Waals surface area contributed by atoms with Crippen LogP contribution in [0.1, 0.15) is 11.3 Å². The zero-order valence-electron chi connectivity index (χ0n) is 13.7. The van der Waals surface area contributed by atoms with Crippen LogP contribution in [0.3, 0.4) is 0 Å². The SMILES string of the molecule is Cc1onc(-c2ccc(Br)cc2)c1-c1cn(Cc2ccccc2)cn1. The van der Waals surface area contributed by atoms with Gasteiger partial charge in [-0.2, -0.15) is 0 Å². The maximum Gasteiger partial charge on any atom is 0.143 e. The Labute approximate surface area is 154 Å². The monoisotopic (exact) mass is 393 g/mol. The molecule has 2 aromatic heterocycles. The molecule has 2 heterocycles. The van der Waals surface area contributed by atoms with Crippen molar-refractivity contribution in [3.8, 4) is 22.5 Å². The Bertz CT molecular complexity index is 987. The quantitative estimate of drug-likeness (QED) is 0.470. The number of halogens is 1. The van der Waals surface area contributed by atoms with Gasteiger partial charge in [0.2, 0.25) is 0 Å². The molecule has 124 valence electrons. The summed E-state index contributed by atoms with van der Waals surface area (Å²) in [5, 5.41) is 4.25. The average Bonchev–Trinajstić information content (AvgIpc) is 3.23. The third-order valence-electron chi connectivity index (χ3n) is 4.08. The molecular formula is C20H16BrN3O. The summed E-state index contributed by atoms with van der Waals surface area (Å²) in [6.45, 7) is 2.70. The highest BCUT2D eigenvalue weighted by molar-refractivity contribution is 9.10. The van der Waals surface area contributed by atoms with Gasteiger partial charge in [0, 0.05) is 22.8 Å². The number of aromatic nitrogens is 3. The predicted octanol–water partition coefficient (Wildman–Crippen LogP) is 5.32. The second-order valence-electron chi connectivity index (χ2n) is 5.89. The number of hydrogen-bond acceptors (Lipinski definition) is 3. The molecule has 0 spiro atoms. The first-order valence-electron chi connectivity index (χ1n) is 7.99. The lowest BCUT2D eigenvalue weighted by molar-refractivity contribution is 0.400. The van der Waals surface area contributed by atoms with Gasteiger partial charge in [-0.25, -0.2) is 4.98 Å². The Balaban J connectivity index is 1.69. The second kappa shape index (κ2) is 6.69. The van der Waals surface area contributed by atoms with Crippen LogP contribution < -0.4 is 0 Å². The summed E-state index contributed by atoms with van der Waals surface area (Å²) in [5.41, 5.74) is 4.87. The van der Waals surface area contributed by atoms with Gasteiger partial charge >= 0.3 is 0 Å². The van der Waals surface area contributed by atoms with Gasteiger partial charge < -0.3 is 9.09 Å². The highest BCUT2D eigenvalue weighted by Gasteiger charge is 2.18. The van der Waals surface area contributed by atoms with Crippen molar-refractivity contribution >= 4 is 15.9 Å². The highest BCUT2D eigenvalue weighted by Crippen LogP contribution is 2.33. The minimum Gasteiger partial charge on any atom is -0.360 e. The molecule has 0 aliphatic heterocycles. The summed E-state index contributed by atoms with van der Waals surface area (Å²) >= 11 is 3.46. The molecule has 0 aliphatic carbocycles. The van der Waals surface area contributed by atoms with E-state index in [-0.39, 0.29) is 0 Å². The first kappa shape index (κ1) is 15.8. The smallest absolute Gasteiger partial charge is 0.143 e. The van der Waals surface area contributed by atoms with Crippen LogP contribution >= 0.6 is 15.9 Å². The third kappa shape index (κ3) is 3.28. The van der Waals surface area contributed by atoms with Crippen LogP contribution in [-0.4, -0.2) is 14.7 Å². The number of nitrogens with zero attached hydrogens (tertiary/aromatic N) is 3. The van der Waals surface area contributed by atoms with Crippen LogP contribution in [-0.2, 0) is 6.54 Å². The lowest BCUT2D eigenvalue weighted by Crippen LogP contribution is -1.95. The molecule has 4 rings (SSSR count). The lowest BCUT2D eigenvalue weighted by Gasteiger charge is -2.02. The Morgan fingerprint density at radius 3 is 2.56 bits per heavy atom. The molecule has 0 amide bonds. The van der Waals surface area contributed by atoms with Gasteiger partial charge in [-0.1, -0.05) is 63.6 Å². The van der Waals surface area contributed by atoms with Gasteiger partial charge in [-0.3, -0.25) is 0 Å². The Morgan fingerprint density at radius 2 is 1.80 bits per heavy atom. The Hall–Kier alpha value is -2.66. The van der Waals surface area contributed by atoms with Crippen molar-refractivity contribution in [3.63, 3.8) is 0 Å². The van der Waals surface area contributed by atoms with Crippen LogP contribution in [0.15, 0.2) is 76.1 Å². The van der Waals surface area contributed by atoms with Crippen molar-refractivity contribution in [2.75, 3.05) is 0 Å². The molecule has 0 bridgehead atoms. The molecule has 2 aromatic carbocycles. The van der Waals surface area contributed by atoms with Gasteiger partial charge in [0.05, 0.1) is 17.6 Å². The summed E-state index contributed by atoms with van der Waals surface area (Å²) in [6.07, 6.45) is 3.88. The van der Waals surface area contributed by atoms with Crippen molar-refractivity contribution in [3.05, 3.63) is 82.9 Å². The van der Waals surface area contributed by atoms with Crippen molar-refractivity contribution in [2.45, 2.75) is 13.5 Å². The van der Waals surface area contributed by atoms with E-state index in [0.717, 1.165) is 39.3 Å². The first-order chi connectivity index (χ1) is 12.2. The number of imidazole rings is 1. The topological polar surface area (TPSA) is 43.9 Å². The van der Waals surface area contributed by atoms with Crippen LogP contribution in [0.5, 0.6) is 0 Å². The van der Waals surface area contributed by atoms with Crippen LogP contribution in [0.4, 0.5) is 0 Å². The molecule has 0 saturated heterocycles. The molecule has 0 N–H and O–H groups in total. The number of rotatable bonds is 4. The van der Waals surface area contributed by atoms with E-state index in [9.17, 15) is 0 Å². The first-order valence-corrected chi connectivity index (χ1v) is 8.78. The minimum atomic E-state index is 0.767. The summed E-state index contributed by atoms with van der Waals surface area (Å²) in [7, 11) is 0.